The number of fused-ring (bicyclic) bond motifs is 2. The average molecular weight is 540 g/mol. The number of likely N-dealkylation sites (tertiary alicyclic amines) is 1. The van der Waals surface area contributed by atoms with Gasteiger partial charge in [-0.1, -0.05) is 11.6 Å². The van der Waals surface area contributed by atoms with Crippen molar-refractivity contribution in [2.24, 2.45) is 0 Å². The summed E-state index contributed by atoms with van der Waals surface area (Å²) in [7, 11) is 2.17. The summed E-state index contributed by atoms with van der Waals surface area (Å²) >= 11 is 1.78. The molecule has 0 radical (unpaired) electrons. The molecular weight excluding hydrogens is 498 g/mol. The Balaban J connectivity index is 1.35. The molecule has 38 heavy (non-hydrogen) atoms. The van der Waals surface area contributed by atoms with Crippen LogP contribution in [0.2, 0.25) is 0 Å². The van der Waals surface area contributed by atoms with E-state index in [-0.39, 0.29) is 11.6 Å². The predicted octanol–water partition coefficient (Wildman–Crippen LogP) is 4.94. The van der Waals surface area contributed by atoms with Crippen LogP contribution in [0.1, 0.15) is 89.9 Å². The molecule has 3 fully saturated rings. The molecule has 2 aromatic rings. The van der Waals surface area contributed by atoms with Gasteiger partial charge in [-0.05, 0) is 85.7 Å². The third-order valence-corrected chi connectivity index (χ3v) is 10.3. The molecule has 8 nitrogen and oxygen atoms in total. The Bertz CT molecular complexity index is 1200. The summed E-state index contributed by atoms with van der Waals surface area (Å²) in [5.41, 5.74) is 1.32. The topological polar surface area (TPSA) is 93.4 Å². The van der Waals surface area contributed by atoms with Crippen molar-refractivity contribution in [1.82, 2.24) is 25.3 Å². The molecule has 2 aromatic heterocycles. The lowest BCUT2D eigenvalue weighted by molar-refractivity contribution is -0.128. The van der Waals surface area contributed by atoms with Crippen molar-refractivity contribution in [1.29, 1.82) is 0 Å². The van der Waals surface area contributed by atoms with Crippen LogP contribution in [0.5, 0.6) is 5.88 Å². The summed E-state index contributed by atoms with van der Waals surface area (Å²) < 4.78 is 12.5. The lowest BCUT2D eigenvalue weighted by Gasteiger charge is -2.36. The Morgan fingerprint density at radius 2 is 2.03 bits per heavy atom. The molecule has 1 saturated carbocycles. The molecule has 0 bridgehead atoms. The van der Waals surface area contributed by atoms with Crippen molar-refractivity contribution >= 4 is 17.5 Å². The van der Waals surface area contributed by atoms with Crippen molar-refractivity contribution < 1.29 is 14.1 Å². The number of hydrogen-bond donors (Lipinski definition) is 1. The number of hydrogen-bond acceptors (Lipinski definition) is 9. The van der Waals surface area contributed by atoms with E-state index < -0.39 is 5.41 Å². The van der Waals surface area contributed by atoms with Crippen molar-refractivity contribution in [2.75, 3.05) is 20.1 Å². The molecule has 9 heteroatoms. The zero-order valence-corrected chi connectivity index (χ0v) is 24.0. The Labute approximate surface area is 230 Å². The van der Waals surface area contributed by atoms with Crippen molar-refractivity contribution in [3.8, 4) is 17.4 Å². The van der Waals surface area contributed by atoms with Gasteiger partial charge < -0.3 is 14.6 Å². The average Bonchev–Trinajstić information content (AvgIpc) is 3.59. The molecule has 1 N–H and O–H groups in total. The minimum atomic E-state index is -0.508. The van der Waals surface area contributed by atoms with Gasteiger partial charge in [0.1, 0.15) is 16.9 Å². The van der Waals surface area contributed by atoms with Crippen LogP contribution >= 0.6 is 11.8 Å². The fourth-order valence-corrected chi connectivity index (χ4v) is 8.47. The summed E-state index contributed by atoms with van der Waals surface area (Å²) in [5.74, 6) is 2.22. The van der Waals surface area contributed by atoms with E-state index in [0.29, 0.717) is 40.9 Å². The van der Waals surface area contributed by atoms with Gasteiger partial charge in [0.15, 0.2) is 17.3 Å². The van der Waals surface area contributed by atoms with Gasteiger partial charge in [-0.15, -0.1) is 11.8 Å². The lowest BCUT2D eigenvalue weighted by atomic mass is 9.64. The zero-order chi connectivity index (χ0) is 26.5. The predicted molar refractivity (Wildman–Crippen MR) is 148 cm³/mol. The number of likely N-dealkylation sites (N-methyl/N-ethyl adjacent to an activating group) is 1. The fraction of sp³-hybridized carbons (Fsp3) is 0.724. The molecule has 0 aromatic carbocycles. The molecule has 4 aliphatic rings. The van der Waals surface area contributed by atoms with Gasteiger partial charge in [0.2, 0.25) is 5.88 Å². The smallest absolute Gasteiger partial charge is 0.218 e. The largest absolute Gasteiger partial charge is 0.473 e. The Hall–Kier alpha value is -1.97. The minimum Gasteiger partial charge on any atom is -0.473 e. The number of thioether (sulfide) groups is 1. The van der Waals surface area contributed by atoms with E-state index >= 15 is 0 Å². The van der Waals surface area contributed by atoms with E-state index in [0.717, 1.165) is 80.8 Å². The number of ether oxygens (including phenoxy) is 1. The van der Waals surface area contributed by atoms with E-state index in [9.17, 15) is 4.79 Å². The summed E-state index contributed by atoms with van der Waals surface area (Å²) in [6.45, 7) is 8.68. The van der Waals surface area contributed by atoms with Crippen molar-refractivity contribution in [2.45, 2.75) is 118 Å². The van der Waals surface area contributed by atoms with E-state index in [1.165, 1.54) is 6.42 Å². The summed E-state index contributed by atoms with van der Waals surface area (Å²) in [6.07, 6.45) is 9.59. The van der Waals surface area contributed by atoms with Crippen LogP contribution in [0.4, 0.5) is 0 Å². The van der Waals surface area contributed by atoms with Gasteiger partial charge in [-0.25, -0.2) is 4.98 Å². The number of Topliss-reactive ketones (excluding diaryl/α,β-unsaturated/α-hetero) is 1. The second kappa shape index (κ2) is 10.2. The maximum Gasteiger partial charge on any atom is 0.218 e. The summed E-state index contributed by atoms with van der Waals surface area (Å²) in [5, 5.41) is 9.46. The second-order valence-corrected chi connectivity index (χ2v) is 13.8. The van der Waals surface area contributed by atoms with Gasteiger partial charge in [0.05, 0.1) is 5.41 Å². The fourth-order valence-electron chi connectivity index (χ4n) is 7.16. The van der Waals surface area contributed by atoms with Gasteiger partial charge >= 0.3 is 0 Å². The third-order valence-electron chi connectivity index (χ3n) is 9.19. The van der Waals surface area contributed by atoms with Crippen LogP contribution in [0, 0.1) is 0 Å². The van der Waals surface area contributed by atoms with Crippen LogP contribution in [0.15, 0.2) is 15.6 Å². The highest BCUT2D eigenvalue weighted by atomic mass is 32.2. The van der Waals surface area contributed by atoms with E-state index in [1.54, 1.807) is 11.8 Å². The Kier molecular flexibility index (Phi) is 7.06. The van der Waals surface area contributed by atoms with Crippen LogP contribution in [0.25, 0.3) is 11.5 Å². The number of ketones is 1. The lowest BCUT2D eigenvalue weighted by Crippen LogP contribution is -2.41. The van der Waals surface area contributed by atoms with Crippen LogP contribution in [0.3, 0.4) is 0 Å². The van der Waals surface area contributed by atoms with E-state index in [4.69, 9.17) is 19.2 Å². The SMILES string of the molecule is C[C@H](Oc1cc(SC2CNC(C)(C)C2)nc(-c2noc3c2CCC[C@@]32CCCCC2=O)n1)[C@@H]1CCCN1C. The van der Waals surface area contributed by atoms with Gasteiger partial charge in [-0.3, -0.25) is 9.69 Å². The van der Waals surface area contributed by atoms with E-state index in [2.05, 4.69) is 43.2 Å². The van der Waals surface area contributed by atoms with Gasteiger partial charge in [0, 0.05) is 41.4 Å². The Morgan fingerprint density at radius 1 is 1.18 bits per heavy atom. The minimum absolute atomic E-state index is 0.0181. The number of carbonyl (C=O) groups is 1. The molecule has 0 amide bonds. The maximum absolute atomic E-state index is 13.2. The van der Waals surface area contributed by atoms with Gasteiger partial charge in [0.25, 0.3) is 0 Å². The molecule has 4 heterocycles. The third kappa shape index (κ3) is 4.90. The van der Waals surface area contributed by atoms with Crippen molar-refractivity contribution in [3.05, 3.63) is 17.4 Å². The quantitative estimate of drug-likeness (QED) is 0.512. The van der Waals surface area contributed by atoms with Crippen LogP contribution < -0.4 is 10.1 Å². The highest BCUT2D eigenvalue weighted by Crippen LogP contribution is 2.47. The molecule has 1 unspecified atom stereocenters. The van der Waals surface area contributed by atoms with Crippen molar-refractivity contribution in [3.63, 3.8) is 0 Å². The molecule has 6 rings (SSSR count). The molecule has 206 valence electrons. The van der Waals surface area contributed by atoms with Crippen LogP contribution in [-0.4, -0.2) is 68.9 Å². The first-order valence-electron chi connectivity index (χ1n) is 14.4. The number of aromatic nitrogens is 3. The maximum atomic E-state index is 13.2. The molecule has 4 atom stereocenters. The summed E-state index contributed by atoms with van der Waals surface area (Å²) in [4.78, 5) is 25.4. The number of nitrogens with one attached hydrogen (secondary N) is 1. The van der Waals surface area contributed by atoms with E-state index in [1.807, 2.05) is 6.07 Å². The van der Waals surface area contributed by atoms with Gasteiger partial charge in [-0.2, -0.15) is 4.98 Å². The molecule has 1 spiro atoms. The highest BCUT2D eigenvalue weighted by molar-refractivity contribution is 7.99. The van der Waals surface area contributed by atoms with Crippen LogP contribution in [-0.2, 0) is 16.6 Å². The summed E-state index contributed by atoms with van der Waals surface area (Å²) in [6, 6.07) is 2.37. The first-order chi connectivity index (χ1) is 18.2. The molecule has 2 aliphatic carbocycles. The molecular formula is C29H41N5O3S. The normalized spacial score (nSPS) is 30.1. The molecule has 2 aliphatic heterocycles. The first-order valence-corrected chi connectivity index (χ1v) is 15.3. The first kappa shape index (κ1) is 26.3. The number of rotatable bonds is 6. The molecule has 2 saturated heterocycles. The zero-order valence-electron chi connectivity index (χ0n) is 23.2. The highest BCUT2D eigenvalue weighted by Gasteiger charge is 2.48. The Morgan fingerprint density at radius 3 is 2.76 bits per heavy atom. The monoisotopic (exact) mass is 539 g/mol. The number of nitrogens with zero attached hydrogens (tertiary/aromatic N) is 4. The standard InChI is InChI=1S/C29H41N5O3S/c1-18(21-10-8-14-34(21)4)36-23-15-24(38-19-16-28(2,3)30-17-19)32-27(31-23)25-20-9-7-13-29(26(20)37-33-25)12-6-5-11-22(29)35/h15,18-19,21,30H,5-14,16-17H2,1-4H3/t18-,19?,21-,29+/m0/s1. The second-order valence-electron chi connectivity index (χ2n) is 12.5. The number of carbonyl (C=O) groups excluding carboxylic acids is 1.